The number of hydrogen-bond donors (Lipinski definition) is 1. The van der Waals surface area contributed by atoms with Gasteiger partial charge in [-0.25, -0.2) is 59.8 Å². The number of amidine groups is 2. The molecule has 19 aromatic rings. The number of hydrogen-bond acceptors (Lipinski definition) is 15. The standard InChI is InChI=1S/C52H34N8.C51H37N9/c1-5-18-35(19-6-1)45-34-48(57-49(56-45)36-20-7-2-8-21-36)44-30-17-29-43(54-44)47-33-39(32-46(55-47)42-28-15-16-31-53-42)40-26-13-14-27-41(40)52-59-50(37-22-9-3-10-23-37)58-51(60-52)38-24-11-4-12-25-38;52-47(37-18-7-2-8-19-37)57-51(55-34-35-16-5-1-6-17-35)42-24-15-31-54-46(42)45-33-41(32-44(56-45)43-25-13-14-30-53-43)36-26-28-40(29-27-36)50-59-48(38-20-9-3-10-21-38)58-49(60-50)39-22-11-4-12-23-39/h1-34H;1-33H,34H2,(H2,52,55,57). The van der Waals surface area contributed by atoms with E-state index in [9.17, 15) is 0 Å². The molecule has 9 heterocycles. The number of nitrogens with zero attached hydrogens (tertiary/aromatic N) is 16. The highest BCUT2D eigenvalue weighted by atomic mass is 15.0. The van der Waals surface area contributed by atoms with Crippen LogP contribution in [-0.4, -0.2) is 81.4 Å². The Labute approximate surface area is 693 Å². The Bertz CT molecular complexity index is 6650. The van der Waals surface area contributed by atoms with Gasteiger partial charge in [-0.05, 0) is 107 Å². The fraction of sp³-hybridized carbons (Fsp3) is 0.00971. The lowest BCUT2D eigenvalue weighted by molar-refractivity contribution is 1.06. The highest BCUT2D eigenvalue weighted by Gasteiger charge is 2.23. The fourth-order valence-corrected chi connectivity index (χ4v) is 13.8. The van der Waals surface area contributed by atoms with Crippen molar-refractivity contribution in [2.45, 2.75) is 6.54 Å². The normalized spacial score (nSPS) is 11.3. The Hall–Kier alpha value is -16.7. The lowest BCUT2D eigenvalue weighted by Crippen LogP contribution is -2.17. The van der Waals surface area contributed by atoms with Crippen LogP contribution < -0.4 is 5.73 Å². The average molecular weight is 1550 g/mol. The highest BCUT2D eigenvalue weighted by molar-refractivity contribution is 6.13. The Morgan fingerprint density at radius 3 is 1.08 bits per heavy atom. The first-order valence-electron chi connectivity index (χ1n) is 39.1. The van der Waals surface area contributed by atoms with E-state index < -0.39 is 0 Å². The Kier molecular flexibility index (Phi) is 22.0. The zero-order valence-corrected chi connectivity index (χ0v) is 64.6. The van der Waals surface area contributed by atoms with Crippen molar-refractivity contribution < 1.29 is 0 Å². The van der Waals surface area contributed by atoms with Crippen LogP contribution in [0.4, 0.5) is 0 Å². The van der Waals surface area contributed by atoms with Crippen LogP contribution in [0, 0.1) is 0 Å². The second-order valence-electron chi connectivity index (χ2n) is 27.9. The molecule has 0 fully saturated rings. The lowest BCUT2D eigenvalue weighted by atomic mass is 9.97. The summed E-state index contributed by atoms with van der Waals surface area (Å²) < 4.78 is 0. The summed E-state index contributed by atoms with van der Waals surface area (Å²) in [4.78, 5) is 79.6. The van der Waals surface area contributed by atoms with Crippen LogP contribution in [0.2, 0.25) is 0 Å². The van der Waals surface area contributed by atoms with Crippen LogP contribution in [0.25, 0.3) is 170 Å². The fourth-order valence-electron chi connectivity index (χ4n) is 13.8. The Morgan fingerprint density at radius 2 is 0.583 bits per heavy atom. The molecule has 120 heavy (non-hydrogen) atoms. The van der Waals surface area contributed by atoms with Crippen LogP contribution in [0.5, 0.6) is 0 Å². The van der Waals surface area contributed by atoms with Gasteiger partial charge in [-0.2, -0.15) is 0 Å². The molecule has 10 aromatic carbocycles. The second-order valence-corrected chi connectivity index (χ2v) is 27.9. The van der Waals surface area contributed by atoms with E-state index in [1.165, 1.54) is 0 Å². The average Bonchev–Trinajstić information content (AvgIpc) is 0.988. The summed E-state index contributed by atoms with van der Waals surface area (Å²) in [5.41, 5.74) is 27.8. The summed E-state index contributed by atoms with van der Waals surface area (Å²) in [7, 11) is 0. The van der Waals surface area contributed by atoms with Crippen molar-refractivity contribution in [3.8, 4) is 170 Å². The van der Waals surface area contributed by atoms with Gasteiger partial charge in [0, 0.05) is 74.2 Å². The van der Waals surface area contributed by atoms with Crippen LogP contribution in [0.15, 0.2) is 417 Å². The molecular formula is C103H71N17. The Morgan fingerprint density at radius 1 is 0.225 bits per heavy atom. The maximum absolute atomic E-state index is 6.63. The van der Waals surface area contributed by atoms with Gasteiger partial charge in [0.1, 0.15) is 5.84 Å². The largest absolute Gasteiger partial charge is 0.383 e. The Balaban J connectivity index is 0.000000165. The number of aliphatic imine (C=N–C) groups is 2. The van der Waals surface area contributed by atoms with Crippen molar-refractivity contribution in [1.29, 1.82) is 0 Å². The van der Waals surface area contributed by atoms with Crippen LogP contribution in [0.3, 0.4) is 0 Å². The van der Waals surface area contributed by atoms with Crippen LogP contribution in [0.1, 0.15) is 16.7 Å². The third-order valence-corrected chi connectivity index (χ3v) is 19.8. The van der Waals surface area contributed by atoms with E-state index in [1.54, 1.807) is 18.6 Å². The van der Waals surface area contributed by atoms with Crippen molar-refractivity contribution in [2.75, 3.05) is 0 Å². The molecule has 0 atom stereocenters. The van der Waals surface area contributed by atoms with E-state index in [0.29, 0.717) is 110 Å². The van der Waals surface area contributed by atoms with E-state index in [0.717, 1.165) is 95.0 Å². The molecule has 2 N–H and O–H groups in total. The quantitative estimate of drug-likeness (QED) is 0.0586. The number of benzene rings is 10. The van der Waals surface area contributed by atoms with E-state index >= 15 is 0 Å². The molecule has 0 radical (unpaired) electrons. The van der Waals surface area contributed by atoms with Gasteiger partial charge < -0.3 is 5.73 Å². The molecule has 0 bridgehead atoms. The first-order chi connectivity index (χ1) is 59.4. The summed E-state index contributed by atoms with van der Waals surface area (Å²) in [5, 5.41) is 0. The van der Waals surface area contributed by atoms with Crippen molar-refractivity contribution in [1.82, 2.24) is 69.8 Å². The number of nitrogens with two attached hydrogens (primary N) is 1. The SMILES string of the molecule is NC(=NC(=NCc1ccccc1)c1cccnc1-c1cc(-c2ccc(-c3nc(-c4ccccc4)nc(-c4ccccc4)n3)cc2)cc(-c2ccccn2)n1)c1ccccc1.c1ccc(-c2cc(-c3cccc(-c4cc(-c5ccccc5-c5nc(-c6ccccc6)nc(-c6ccccc6)n5)cc(-c5ccccn5)n4)n3)nc(-c3ccccc3)n2)cc1. The van der Waals surface area contributed by atoms with Gasteiger partial charge in [0.05, 0.1) is 69.2 Å². The smallest absolute Gasteiger partial charge is 0.164 e. The summed E-state index contributed by atoms with van der Waals surface area (Å²) >= 11 is 0. The van der Waals surface area contributed by atoms with Gasteiger partial charge >= 0.3 is 0 Å². The van der Waals surface area contributed by atoms with E-state index in [4.69, 9.17) is 80.5 Å². The molecular weight excluding hydrogens is 1480 g/mol. The molecule has 0 amide bonds. The van der Waals surface area contributed by atoms with Crippen molar-refractivity contribution in [3.05, 3.63) is 424 Å². The molecule has 0 saturated carbocycles. The minimum Gasteiger partial charge on any atom is -0.383 e. The molecule has 9 aromatic heterocycles. The third-order valence-electron chi connectivity index (χ3n) is 19.8. The van der Waals surface area contributed by atoms with E-state index in [-0.39, 0.29) is 0 Å². The molecule has 0 saturated heterocycles. The predicted octanol–water partition coefficient (Wildman–Crippen LogP) is 22.3. The van der Waals surface area contributed by atoms with Gasteiger partial charge in [-0.3, -0.25) is 19.9 Å². The van der Waals surface area contributed by atoms with Crippen molar-refractivity contribution >= 4 is 11.7 Å². The topological polar surface area (TPSA) is 231 Å². The monoisotopic (exact) mass is 1550 g/mol. The minimum absolute atomic E-state index is 0.346. The third kappa shape index (κ3) is 17.4. The van der Waals surface area contributed by atoms with Gasteiger partial charge in [0.15, 0.2) is 46.6 Å². The molecule has 0 aliphatic heterocycles. The van der Waals surface area contributed by atoms with Gasteiger partial charge in [-0.1, -0.05) is 309 Å². The molecule has 17 heteroatoms. The number of pyridine rings is 6. The number of rotatable bonds is 19. The summed E-state index contributed by atoms with van der Waals surface area (Å²) in [6.45, 7) is 0.399. The summed E-state index contributed by atoms with van der Waals surface area (Å²) in [5.74, 6) is 4.95. The van der Waals surface area contributed by atoms with Crippen molar-refractivity contribution in [3.63, 3.8) is 0 Å². The van der Waals surface area contributed by atoms with Crippen LogP contribution >= 0.6 is 0 Å². The number of aromatic nitrogens is 14. The zero-order chi connectivity index (χ0) is 80.6. The molecule has 17 nitrogen and oxygen atoms in total. The molecule has 19 rings (SSSR count). The summed E-state index contributed by atoms with van der Waals surface area (Å²) in [6.07, 6.45) is 5.30. The first-order valence-corrected chi connectivity index (χ1v) is 39.1. The maximum atomic E-state index is 6.63. The first kappa shape index (κ1) is 74.7. The van der Waals surface area contributed by atoms with E-state index in [2.05, 4.69) is 53.5 Å². The molecule has 0 aliphatic carbocycles. The molecule has 0 aliphatic rings. The maximum Gasteiger partial charge on any atom is 0.164 e. The lowest BCUT2D eigenvalue weighted by Gasteiger charge is -2.14. The highest BCUT2D eigenvalue weighted by Crippen LogP contribution is 2.39. The summed E-state index contributed by atoms with van der Waals surface area (Å²) in [6, 6.07) is 128. The van der Waals surface area contributed by atoms with Gasteiger partial charge in [0.2, 0.25) is 0 Å². The zero-order valence-electron chi connectivity index (χ0n) is 64.6. The van der Waals surface area contributed by atoms with Crippen molar-refractivity contribution in [2.24, 2.45) is 15.7 Å². The predicted molar refractivity (Wildman–Crippen MR) is 477 cm³/mol. The molecule has 568 valence electrons. The van der Waals surface area contributed by atoms with E-state index in [1.807, 2.05) is 340 Å². The second kappa shape index (κ2) is 35.4. The van der Waals surface area contributed by atoms with Gasteiger partial charge in [0.25, 0.3) is 0 Å². The molecule has 0 spiro atoms. The molecule has 0 unspecified atom stereocenters. The van der Waals surface area contributed by atoms with Crippen LogP contribution in [-0.2, 0) is 6.54 Å². The van der Waals surface area contributed by atoms with Gasteiger partial charge in [-0.15, -0.1) is 0 Å². The minimum atomic E-state index is 0.346.